The van der Waals surface area contributed by atoms with Gasteiger partial charge < -0.3 is 5.32 Å². The summed E-state index contributed by atoms with van der Waals surface area (Å²) in [7, 11) is -0.883. The van der Waals surface area contributed by atoms with Crippen LogP contribution in [0.5, 0.6) is 0 Å². The van der Waals surface area contributed by atoms with Crippen molar-refractivity contribution in [2.45, 2.75) is 31.2 Å². The predicted octanol–water partition coefficient (Wildman–Crippen LogP) is 2.00. The normalized spacial score (nSPS) is 34.9. The van der Waals surface area contributed by atoms with Crippen LogP contribution in [0.25, 0.3) is 0 Å². The first kappa shape index (κ1) is 11.7. The first-order valence-electron chi connectivity index (χ1n) is 5.47. The van der Waals surface area contributed by atoms with E-state index in [0.717, 1.165) is 0 Å². The summed E-state index contributed by atoms with van der Waals surface area (Å²) < 4.78 is 25.5. The molecule has 4 atom stereocenters. The Morgan fingerprint density at radius 1 is 1.38 bits per heavy atom. The molecular weight excluding hydrogens is 225 g/mol. The minimum absolute atomic E-state index is 0.0481. The van der Waals surface area contributed by atoms with Gasteiger partial charge in [0.05, 0.1) is 5.25 Å². The van der Waals surface area contributed by atoms with Gasteiger partial charge in [-0.1, -0.05) is 18.2 Å². The van der Waals surface area contributed by atoms with Crippen molar-refractivity contribution < 1.29 is 8.60 Å². The molecule has 2 rings (SSSR count). The van der Waals surface area contributed by atoms with Crippen LogP contribution in [0.15, 0.2) is 24.3 Å². The average Bonchev–Trinajstić information content (AvgIpc) is 2.24. The number of rotatable bonds is 1. The molecule has 88 valence electrons. The lowest BCUT2D eigenvalue weighted by molar-refractivity contribution is 0.432. The second-order valence-corrected chi connectivity index (χ2v) is 6.16. The molecule has 1 heterocycles. The van der Waals surface area contributed by atoms with Crippen LogP contribution in [0.4, 0.5) is 4.39 Å². The molecule has 2 nitrogen and oxygen atoms in total. The SMILES string of the molecule is CC1CS(=O)C(C)C(c2ccccc2F)N1. The van der Waals surface area contributed by atoms with Gasteiger partial charge >= 0.3 is 0 Å². The molecule has 4 heteroatoms. The van der Waals surface area contributed by atoms with Gasteiger partial charge in [0.1, 0.15) is 5.82 Å². The zero-order valence-electron chi connectivity index (χ0n) is 9.44. The van der Waals surface area contributed by atoms with E-state index in [2.05, 4.69) is 5.32 Å². The molecule has 0 saturated carbocycles. The van der Waals surface area contributed by atoms with E-state index in [0.29, 0.717) is 11.3 Å². The monoisotopic (exact) mass is 241 g/mol. The molecule has 1 fully saturated rings. The predicted molar refractivity (Wildman–Crippen MR) is 64.2 cm³/mol. The van der Waals surface area contributed by atoms with Crippen molar-refractivity contribution in [3.8, 4) is 0 Å². The molecule has 16 heavy (non-hydrogen) atoms. The van der Waals surface area contributed by atoms with Gasteiger partial charge in [-0.15, -0.1) is 0 Å². The Hall–Kier alpha value is -0.740. The van der Waals surface area contributed by atoms with Gasteiger partial charge in [0.25, 0.3) is 0 Å². The van der Waals surface area contributed by atoms with Crippen molar-refractivity contribution in [2.24, 2.45) is 0 Å². The zero-order chi connectivity index (χ0) is 11.7. The molecule has 4 unspecified atom stereocenters. The molecule has 0 aliphatic carbocycles. The summed E-state index contributed by atoms with van der Waals surface area (Å²) in [5.74, 6) is 0.421. The second kappa shape index (κ2) is 4.63. The molecule has 1 aliphatic rings. The van der Waals surface area contributed by atoms with Gasteiger partial charge in [0.15, 0.2) is 0 Å². The number of halogens is 1. The third kappa shape index (κ3) is 2.18. The lowest BCUT2D eigenvalue weighted by Gasteiger charge is -2.34. The van der Waals surface area contributed by atoms with Crippen molar-refractivity contribution >= 4 is 10.8 Å². The summed E-state index contributed by atoms with van der Waals surface area (Å²) in [6, 6.07) is 6.72. The highest BCUT2D eigenvalue weighted by molar-refractivity contribution is 7.85. The summed E-state index contributed by atoms with van der Waals surface area (Å²) in [6.07, 6.45) is 0. The Bertz CT molecular complexity index is 410. The van der Waals surface area contributed by atoms with Crippen LogP contribution >= 0.6 is 0 Å². The molecule has 0 amide bonds. The summed E-state index contributed by atoms with van der Waals surface area (Å²) in [4.78, 5) is 0. The van der Waals surface area contributed by atoms with E-state index in [-0.39, 0.29) is 23.2 Å². The Morgan fingerprint density at radius 3 is 2.75 bits per heavy atom. The molecule has 1 aromatic carbocycles. The molecule has 1 aromatic rings. The van der Waals surface area contributed by atoms with Gasteiger partial charge in [-0.25, -0.2) is 4.39 Å². The van der Waals surface area contributed by atoms with Crippen LogP contribution in [0.2, 0.25) is 0 Å². The average molecular weight is 241 g/mol. The van der Waals surface area contributed by atoms with Crippen molar-refractivity contribution in [1.29, 1.82) is 0 Å². The molecular formula is C12H16FNOS. The number of hydrogen-bond donors (Lipinski definition) is 1. The zero-order valence-corrected chi connectivity index (χ0v) is 10.3. The number of nitrogens with one attached hydrogen (secondary N) is 1. The Balaban J connectivity index is 2.32. The van der Waals surface area contributed by atoms with E-state index in [1.165, 1.54) is 6.07 Å². The first-order chi connectivity index (χ1) is 7.59. The minimum atomic E-state index is -0.883. The van der Waals surface area contributed by atoms with Crippen LogP contribution in [0, 0.1) is 5.82 Å². The summed E-state index contributed by atoms with van der Waals surface area (Å²) >= 11 is 0. The summed E-state index contributed by atoms with van der Waals surface area (Å²) in [5, 5.41) is 3.27. The van der Waals surface area contributed by atoms with Crippen molar-refractivity contribution in [3.05, 3.63) is 35.6 Å². The Labute approximate surface area is 97.7 Å². The van der Waals surface area contributed by atoms with Crippen LogP contribution in [0.1, 0.15) is 25.5 Å². The minimum Gasteiger partial charge on any atom is -0.305 e. The second-order valence-electron chi connectivity index (χ2n) is 4.32. The van der Waals surface area contributed by atoms with E-state index in [1.54, 1.807) is 12.1 Å². The Kier molecular flexibility index (Phi) is 3.40. The third-order valence-electron chi connectivity index (χ3n) is 3.00. The molecule has 0 bridgehead atoms. The van der Waals surface area contributed by atoms with Gasteiger partial charge in [-0.3, -0.25) is 4.21 Å². The van der Waals surface area contributed by atoms with Crippen LogP contribution < -0.4 is 5.32 Å². The molecule has 0 spiro atoms. The maximum absolute atomic E-state index is 13.7. The van der Waals surface area contributed by atoms with Crippen molar-refractivity contribution in [3.63, 3.8) is 0 Å². The van der Waals surface area contributed by atoms with Crippen LogP contribution in [-0.2, 0) is 10.8 Å². The van der Waals surface area contributed by atoms with E-state index >= 15 is 0 Å². The van der Waals surface area contributed by atoms with E-state index < -0.39 is 10.8 Å². The van der Waals surface area contributed by atoms with Gasteiger partial charge in [0, 0.05) is 34.2 Å². The maximum Gasteiger partial charge on any atom is 0.128 e. The summed E-state index contributed by atoms with van der Waals surface area (Å²) in [6.45, 7) is 3.89. The maximum atomic E-state index is 13.7. The lowest BCUT2D eigenvalue weighted by atomic mass is 10.0. The van der Waals surface area contributed by atoms with Crippen molar-refractivity contribution in [1.82, 2.24) is 5.32 Å². The first-order valence-corrected chi connectivity index (χ1v) is 6.85. The molecule has 1 aliphatic heterocycles. The van der Waals surface area contributed by atoms with Gasteiger partial charge in [0.2, 0.25) is 0 Å². The topological polar surface area (TPSA) is 29.1 Å². The largest absolute Gasteiger partial charge is 0.305 e. The fourth-order valence-electron chi connectivity index (χ4n) is 2.11. The molecule has 1 N–H and O–H groups in total. The number of hydrogen-bond acceptors (Lipinski definition) is 2. The number of benzene rings is 1. The van der Waals surface area contributed by atoms with Gasteiger partial charge in [-0.2, -0.15) is 0 Å². The van der Waals surface area contributed by atoms with Crippen LogP contribution in [0.3, 0.4) is 0 Å². The lowest BCUT2D eigenvalue weighted by Crippen LogP contribution is -2.47. The molecule has 0 aromatic heterocycles. The fraction of sp³-hybridized carbons (Fsp3) is 0.500. The quantitative estimate of drug-likeness (QED) is 0.814. The van der Waals surface area contributed by atoms with E-state index in [4.69, 9.17) is 0 Å². The standard InChI is InChI=1S/C12H16FNOS/c1-8-7-16(15)9(2)12(14-8)10-5-3-4-6-11(10)13/h3-6,8-9,12,14H,7H2,1-2H3. The highest BCUT2D eigenvalue weighted by Gasteiger charge is 2.32. The highest BCUT2D eigenvalue weighted by Crippen LogP contribution is 2.27. The van der Waals surface area contributed by atoms with Crippen molar-refractivity contribution in [2.75, 3.05) is 5.75 Å². The summed E-state index contributed by atoms with van der Waals surface area (Å²) in [5.41, 5.74) is 0.620. The van der Waals surface area contributed by atoms with Crippen LogP contribution in [-0.4, -0.2) is 21.3 Å². The van der Waals surface area contributed by atoms with E-state index in [1.807, 2.05) is 19.9 Å². The molecule has 0 radical (unpaired) electrons. The van der Waals surface area contributed by atoms with Gasteiger partial charge in [-0.05, 0) is 19.9 Å². The Morgan fingerprint density at radius 2 is 2.06 bits per heavy atom. The third-order valence-corrected chi connectivity index (χ3v) is 4.93. The fourth-order valence-corrected chi connectivity index (χ4v) is 3.53. The van der Waals surface area contributed by atoms with E-state index in [9.17, 15) is 8.60 Å². The highest BCUT2D eigenvalue weighted by atomic mass is 32.2. The smallest absolute Gasteiger partial charge is 0.128 e. The molecule has 1 saturated heterocycles.